The highest BCUT2D eigenvalue weighted by Gasteiger charge is 2.40. The average molecular weight is 325 g/mol. The van der Waals surface area contributed by atoms with Crippen LogP contribution >= 0.6 is 23.2 Å². The molecule has 1 aliphatic rings. The van der Waals surface area contributed by atoms with Gasteiger partial charge in [0.1, 0.15) is 5.82 Å². The molecule has 0 unspecified atom stereocenters. The lowest BCUT2D eigenvalue weighted by molar-refractivity contribution is -0.114. The van der Waals surface area contributed by atoms with Gasteiger partial charge in [-0.1, -0.05) is 23.2 Å². The molecule has 0 spiro atoms. The molecule has 3 rings (SSSR count). The second kappa shape index (κ2) is 5.09. The maximum atomic E-state index is 14.0. The van der Waals surface area contributed by atoms with Crippen LogP contribution < -0.4 is 4.90 Å². The fourth-order valence-electron chi connectivity index (χ4n) is 2.21. The first kappa shape index (κ1) is 14.0. The van der Waals surface area contributed by atoms with Crippen molar-refractivity contribution in [2.24, 2.45) is 0 Å². The Labute approximate surface area is 129 Å². The van der Waals surface area contributed by atoms with Gasteiger partial charge in [0, 0.05) is 12.4 Å². The Bertz CT molecular complexity index is 780. The van der Waals surface area contributed by atoms with E-state index in [4.69, 9.17) is 23.2 Å². The number of carbonyl (C=O) groups is 2. The van der Waals surface area contributed by atoms with E-state index in [1.807, 2.05) is 0 Å². The predicted molar refractivity (Wildman–Crippen MR) is 76.2 cm³/mol. The van der Waals surface area contributed by atoms with Gasteiger partial charge in [0.25, 0.3) is 11.7 Å². The molecule has 0 saturated heterocycles. The number of fused-ring (bicyclic) bond motifs is 1. The van der Waals surface area contributed by atoms with Gasteiger partial charge in [-0.15, -0.1) is 0 Å². The van der Waals surface area contributed by atoms with Crippen LogP contribution in [0.15, 0.2) is 30.6 Å². The summed E-state index contributed by atoms with van der Waals surface area (Å²) in [6.07, 6.45) is 2.91. The quantitative estimate of drug-likeness (QED) is 0.797. The Balaban J connectivity index is 2.10. The van der Waals surface area contributed by atoms with Crippen molar-refractivity contribution in [1.82, 2.24) is 4.98 Å². The Morgan fingerprint density at radius 3 is 2.62 bits per heavy atom. The summed E-state index contributed by atoms with van der Waals surface area (Å²) in [7, 11) is 0. The number of benzene rings is 1. The molecular formula is C14H7Cl2FN2O2. The van der Waals surface area contributed by atoms with Crippen molar-refractivity contribution in [3.8, 4) is 0 Å². The number of Topliss-reactive ketones (excluding diaryl/α,β-unsaturated/α-hetero) is 1. The lowest BCUT2D eigenvalue weighted by Gasteiger charge is -2.17. The summed E-state index contributed by atoms with van der Waals surface area (Å²) in [6.45, 7) is -0.0316. The van der Waals surface area contributed by atoms with Crippen molar-refractivity contribution in [1.29, 1.82) is 0 Å². The maximum absolute atomic E-state index is 14.0. The van der Waals surface area contributed by atoms with E-state index in [1.54, 1.807) is 6.07 Å². The predicted octanol–water partition coefficient (Wildman–Crippen LogP) is 3.26. The van der Waals surface area contributed by atoms with Gasteiger partial charge < -0.3 is 0 Å². The highest BCUT2D eigenvalue weighted by molar-refractivity contribution is 6.55. The van der Waals surface area contributed by atoms with Crippen molar-refractivity contribution < 1.29 is 14.0 Å². The molecule has 7 heteroatoms. The molecule has 0 N–H and O–H groups in total. The van der Waals surface area contributed by atoms with E-state index in [0.717, 1.165) is 11.0 Å². The minimum absolute atomic E-state index is 0.0316. The van der Waals surface area contributed by atoms with Crippen LogP contribution in [0.25, 0.3) is 0 Å². The number of hydrogen-bond donors (Lipinski definition) is 0. The summed E-state index contributed by atoms with van der Waals surface area (Å²) in [4.78, 5) is 28.9. The van der Waals surface area contributed by atoms with Gasteiger partial charge in [0.2, 0.25) is 0 Å². The zero-order valence-electron chi connectivity index (χ0n) is 10.4. The van der Waals surface area contributed by atoms with Crippen LogP contribution in [0.2, 0.25) is 10.0 Å². The molecule has 1 aromatic carbocycles. The molecule has 2 heterocycles. The van der Waals surface area contributed by atoms with Gasteiger partial charge in [0.15, 0.2) is 0 Å². The monoisotopic (exact) mass is 324 g/mol. The van der Waals surface area contributed by atoms with Gasteiger partial charge in [-0.2, -0.15) is 0 Å². The second-order valence-electron chi connectivity index (χ2n) is 4.44. The normalized spacial score (nSPS) is 13.8. The molecule has 1 amide bonds. The van der Waals surface area contributed by atoms with Crippen molar-refractivity contribution in [2.45, 2.75) is 6.54 Å². The zero-order valence-corrected chi connectivity index (χ0v) is 12.0. The van der Waals surface area contributed by atoms with Crippen LogP contribution in [0.4, 0.5) is 10.1 Å². The molecule has 0 saturated carbocycles. The number of amides is 1. The summed E-state index contributed by atoms with van der Waals surface area (Å²) in [5.74, 6) is -2.33. The molecule has 2 aromatic rings. The third kappa shape index (κ3) is 2.18. The lowest BCUT2D eigenvalue weighted by atomic mass is 10.1. The third-order valence-corrected chi connectivity index (χ3v) is 3.85. The number of carbonyl (C=O) groups excluding carboxylic acids is 2. The third-order valence-electron chi connectivity index (χ3n) is 3.20. The van der Waals surface area contributed by atoms with Gasteiger partial charge >= 0.3 is 0 Å². The molecule has 0 radical (unpaired) electrons. The average Bonchev–Trinajstić information content (AvgIpc) is 2.71. The number of rotatable bonds is 2. The topological polar surface area (TPSA) is 50.3 Å². The van der Waals surface area contributed by atoms with Gasteiger partial charge in [0.05, 0.1) is 27.8 Å². The highest BCUT2D eigenvalue weighted by atomic mass is 35.5. The van der Waals surface area contributed by atoms with E-state index in [0.29, 0.717) is 10.6 Å². The first-order chi connectivity index (χ1) is 10.0. The van der Waals surface area contributed by atoms with Crippen molar-refractivity contribution in [2.75, 3.05) is 4.90 Å². The Morgan fingerprint density at radius 2 is 1.90 bits per heavy atom. The molecule has 1 aliphatic heterocycles. The van der Waals surface area contributed by atoms with Crippen molar-refractivity contribution in [3.63, 3.8) is 0 Å². The SMILES string of the molecule is O=C1C(=O)N(Cc2ccncc2Cl)c2c(F)ccc(Cl)c21. The van der Waals surface area contributed by atoms with Gasteiger partial charge in [-0.25, -0.2) is 4.39 Å². The fraction of sp³-hybridized carbons (Fsp3) is 0.0714. The number of pyridine rings is 1. The second-order valence-corrected chi connectivity index (χ2v) is 5.25. The van der Waals surface area contributed by atoms with Gasteiger partial charge in [-0.3, -0.25) is 19.5 Å². The van der Waals surface area contributed by atoms with Crippen LogP contribution in [0.5, 0.6) is 0 Å². The minimum atomic E-state index is -0.829. The zero-order chi connectivity index (χ0) is 15.1. The van der Waals surface area contributed by atoms with Crippen LogP contribution in [0.1, 0.15) is 15.9 Å². The molecule has 4 nitrogen and oxygen atoms in total. The molecule has 21 heavy (non-hydrogen) atoms. The maximum Gasteiger partial charge on any atom is 0.299 e. The smallest absolute Gasteiger partial charge is 0.297 e. The summed E-state index contributed by atoms with van der Waals surface area (Å²) in [5, 5.41) is 0.377. The largest absolute Gasteiger partial charge is 0.299 e. The standard InChI is InChI=1S/C14H7Cl2FN2O2/c15-8-1-2-10(17)12-11(8)13(20)14(21)19(12)6-7-3-4-18-5-9(7)16/h1-5H,6H2. The lowest BCUT2D eigenvalue weighted by Crippen LogP contribution is -2.29. The number of ketones is 1. The first-order valence-corrected chi connectivity index (χ1v) is 6.69. The fourth-order valence-corrected chi connectivity index (χ4v) is 2.62. The van der Waals surface area contributed by atoms with Crippen molar-refractivity contribution in [3.05, 3.63) is 57.6 Å². The highest BCUT2D eigenvalue weighted by Crippen LogP contribution is 2.37. The summed E-state index contributed by atoms with van der Waals surface area (Å²) < 4.78 is 14.0. The van der Waals surface area contributed by atoms with E-state index in [9.17, 15) is 14.0 Å². The number of anilines is 1. The van der Waals surface area contributed by atoms with Gasteiger partial charge in [-0.05, 0) is 23.8 Å². The summed E-state index contributed by atoms with van der Waals surface area (Å²) in [5.41, 5.74) is 0.345. The van der Waals surface area contributed by atoms with Crippen LogP contribution in [-0.2, 0) is 11.3 Å². The van der Waals surface area contributed by atoms with E-state index in [-0.39, 0.29) is 22.8 Å². The van der Waals surface area contributed by atoms with E-state index in [1.165, 1.54) is 18.5 Å². The van der Waals surface area contributed by atoms with Crippen LogP contribution in [-0.4, -0.2) is 16.7 Å². The first-order valence-electron chi connectivity index (χ1n) is 5.93. The Kier molecular flexibility index (Phi) is 3.39. The van der Waals surface area contributed by atoms with Crippen LogP contribution in [0.3, 0.4) is 0 Å². The van der Waals surface area contributed by atoms with E-state index >= 15 is 0 Å². The summed E-state index contributed by atoms with van der Waals surface area (Å²) >= 11 is 11.9. The molecule has 1 aromatic heterocycles. The number of hydrogen-bond acceptors (Lipinski definition) is 3. The molecule has 0 aliphatic carbocycles. The Hall–Kier alpha value is -1.98. The molecular weight excluding hydrogens is 318 g/mol. The number of halogens is 3. The Morgan fingerprint density at radius 1 is 1.14 bits per heavy atom. The summed E-state index contributed by atoms with van der Waals surface area (Å²) in [6, 6.07) is 3.97. The number of aromatic nitrogens is 1. The molecule has 0 atom stereocenters. The molecule has 0 bridgehead atoms. The van der Waals surface area contributed by atoms with Crippen molar-refractivity contribution >= 4 is 40.6 Å². The van der Waals surface area contributed by atoms with Crippen LogP contribution in [0, 0.1) is 5.82 Å². The molecule has 0 fully saturated rings. The van der Waals surface area contributed by atoms with E-state index in [2.05, 4.69) is 4.98 Å². The van der Waals surface area contributed by atoms with E-state index < -0.39 is 17.5 Å². The number of nitrogens with zero attached hydrogens (tertiary/aromatic N) is 2. The molecule has 106 valence electrons. The minimum Gasteiger partial charge on any atom is -0.297 e.